The number of carbonyl (C=O) groups excluding carboxylic acids is 1. The first-order valence-corrected chi connectivity index (χ1v) is 10.1. The van der Waals surface area contributed by atoms with Gasteiger partial charge in [-0.2, -0.15) is 0 Å². The van der Waals surface area contributed by atoms with Crippen LogP contribution in [-0.4, -0.2) is 49.0 Å². The minimum absolute atomic E-state index is 0.0616. The molecule has 1 amide bonds. The average Bonchev–Trinajstić information content (AvgIpc) is 2.65. The van der Waals surface area contributed by atoms with E-state index in [1.807, 2.05) is 31.7 Å². The fourth-order valence-electron chi connectivity index (χ4n) is 3.29. The molecule has 2 rings (SSSR count). The van der Waals surface area contributed by atoms with Crippen LogP contribution >= 0.6 is 0 Å². The van der Waals surface area contributed by atoms with Gasteiger partial charge in [0.1, 0.15) is 5.82 Å². The maximum absolute atomic E-state index is 13.2. The summed E-state index contributed by atoms with van der Waals surface area (Å²) >= 11 is 0. The molecular weight excluding hydrogens is 343 g/mol. The van der Waals surface area contributed by atoms with E-state index in [2.05, 4.69) is 15.6 Å². The van der Waals surface area contributed by atoms with Crippen molar-refractivity contribution < 1.29 is 9.18 Å². The molecule has 5 nitrogen and oxygen atoms in total. The molecule has 1 aromatic carbocycles. The molecule has 1 saturated heterocycles. The van der Waals surface area contributed by atoms with E-state index in [1.54, 1.807) is 12.1 Å². The van der Waals surface area contributed by atoms with Crippen LogP contribution in [0.15, 0.2) is 29.3 Å². The smallest absolute Gasteiger partial charge is 0.225 e. The zero-order valence-electron chi connectivity index (χ0n) is 16.8. The van der Waals surface area contributed by atoms with Gasteiger partial charge in [0.2, 0.25) is 5.91 Å². The van der Waals surface area contributed by atoms with Gasteiger partial charge in [-0.15, -0.1) is 0 Å². The van der Waals surface area contributed by atoms with Crippen LogP contribution in [0.2, 0.25) is 0 Å². The number of guanidine groups is 1. The Labute approximate surface area is 162 Å². The minimum Gasteiger partial charge on any atom is -0.357 e. The van der Waals surface area contributed by atoms with Gasteiger partial charge in [-0.1, -0.05) is 26.0 Å². The van der Waals surface area contributed by atoms with Crippen molar-refractivity contribution in [2.45, 2.75) is 52.5 Å². The largest absolute Gasteiger partial charge is 0.357 e. The lowest BCUT2D eigenvalue weighted by molar-refractivity contribution is -0.135. The molecule has 150 valence electrons. The van der Waals surface area contributed by atoms with Crippen molar-refractivity contribution >= 4 is 11.9 Å². The first kappa shape index (κ1) is 21.2. The van der Waals surface area contributed by atoms with Crippen molar-refractivity contribution in [3.63, 3.8) is 0 Å². The number of carbonyl (C=O) groups is 1. The van der Waals surface area contributed by atoms with Gasteiger partial charge in [0.25, 0.3) is 0 Å². The highest BCUT2D eigenvalue weighted by molar-refractivity contribution is 5.80. The van der Waals surface area contributed by atoms with Gasteiger partial charge in [-0.25, -0.2) is 4.39 Å². The third kappa shape index (κ3) is 7.19. The number of piperidine rings is 1. The molecule has 6 heteroatoms. The Balaban J connectivity index is 1.77. The van der Waals surface area contributed by atoms with E-state index in [-0.39, 0.29) is 17.6 Å². The number of halogens is 1. The molecule has 0 aromatic heterocycles. The van der Waals surface area contributed by atoms with E-state index in [0.717, 1.165) is 56.8 Å². The number of amides is 1. The summed E-state index contributed by atoms with van der Waals surface area (Å²) < 4.78 is 13.2. The summed E-state index contributed by atoms with van der Waals surface area (Å²) in [5.41, 5.74) is 1.00. The van der Waals surface area contributed by atoms with Crippen LogP contribution in [0.25, 0.3) is 0 Å². The third-order valence-corrected chi connectivity index (χ3v) is 4.77. The maximum atomic E-state index is 13.2. The zero-order chi connectivity index (χ0) is 19.6. The zero-order valence-corrected chi connectivity index (χ0v) is 16.8. The fourth-order valence-corrected chi connectivity index (χ4v) is 3.29. The van der Waals surface area contributed by atoms with Crippen LogP contribution in [0.3, 0.4) is 0 Å². The molecule has 1 aliphatic heterocycles. The van der Waals surface area contributed by atoms with Gasteiger partial charge in [0.05, 0.1) is 0 Å². The van der Waals surface area contributed by atoms with Crippen molar-refractivity contribution in [2.24, 2.45) is 10.9 Å². The Morgan fingerprint density at radius 2 is 2.07 bits per heavy atom. The summed E-state index contributed by atoms with van der Waals surface area (Å²) in [4.78, 5) is 18.7. The molecule has 0 bridgehead atoms. The molecule has 1 aromatic rings. The number of benzene rings is 1. The molecule has 0 spiro atoms. The second-order valence-electron chi connectivity index (χ2n) is 7.39. The summed E-state index contributed by atoms with van der Waals surface area (Å²) in [5.74, 6) is 0.941. The lowest BCUT2D eigenvalue weighted by Gasteiger charge is -2.34. The van der Waals surface area contributed by atoms with Crippen LogP contribution in [-0.2, 0) is 11.2 Å². The Morgan fingerprint density at radius 3 is 2.70 bits per heavy atom. The number of likely N-dealkylation sites (tertiary alicyclic amines) is 1. The predicted molar refractivity (Wildman–Crippen MR) is 108 cm³/mol. The number of nitrogens with zero attached hydrogens (tertiary/aromatic N) is 2. The van der Waals surface area contributed by atoms with Crippen molar-refractivity contribution in [1.29, 1.82) is 0 Å². The van der Waals surface area contributed by atoms with Crippen LogP contribution in [0.4, 0.5) is 4.39 Å². The first-order chi connectivity index (χ1) is 13.0. The number of hydrogen-bond donors (Lipinski definition) is 2. The van der Waals surface area contributed by atoms with Crippen molar-refractivity contribution in [3.8, 4) is 0 Å². The topological polar surface area (TPSA) is 56.7 Å². The number of rotatable bonds is 7. The first-order valence-electron chi connectivity index (χ1n) is 10.1. The van der Waals surface area contributed by atoms with Gasteiger partial charge in [0, 0.05) is 38.1 Å². The maximum Gasteiger partial charge on any atom is 0.225 e. The van der Waals surface area contributed by atoms with Gasteiger partial charge in [-0.3, -0.25) is 9.79 Å². The Bertz CT molecular complexity index is 624. The van der Waals surface area contributed by atoms with Gasteiger partial charge >= 0.3 is 0 Å². The molecule has 0 unspecified atom stereocenters. The Kier molecular flexibility index (Phi) is 8.55. The van der Waals surface area contributed by atoms with E-state index in [4.69, 9.17) is 0 Å². The molecule has 1 heterocycles. The van der Waals surface area contributed by atoms with Crippen molar-refractivity contribution in [3.05, 3.63) is 35.6 Å². The van der Waals surface area contributed by atoms with Crippen LogP contribution in [0, 0.1) is 11.7 Å². The van der Waals surface area contributed by atoms with Gasteiger partial charge in [-0.05, 0) is 50.3 Å². The van der Waals surface area contributed by atoms with E-state index >= 15 is 0 Å². The standard InChI is InChI=1S/C21H33FN4O/c1-4-23-21(24-12-6-8-17-7-5-9-18(22)15-17)25-19-10-13-26(14-11-19)20(27)16(2)3/h5,7,9,15-16,19H,4,6,8,10-14H2,1-3H3,(H2,23,24,25). The van der Waals surface area contributed by atoms with Crippen LogP contribution < -0.4 is 10.6 Å². The predicted octanol–water partition coefficient (Wildman–Crippen LogP) is 2.96. The lowest BCUT2D eigenvalue weighted by atomic mass is 10.0. The summed E-state index contributed by atoms with van der Waals surface area (Å²) in [6.45, 7) is 9.05. The van der Waals surface area contributed by atoms with E-state index in [1.165, 1.54) is 6.07 Å². The Hall–Kier alpha value is -2.11. The quantitative estimate of drug-likeness (QED) is 0.437. The molecule has 0 atom stereocenters. The van der Waals surface area contributed by atoms with Crippen molar-refractivity contribution in [2.75, 3.05) is 26.2 Å². The molecule has 0 saturated carbocycles. The van der Waals surface area contributed by atoms with E-state index in [0.29, 0.717) is 12.6 Å². The van der Waals surface area contributed by atoms with E-state index in [9.17, 15) is 9.18 Å². The highest BCUT2D eigenvalue weighted by Crippen LogP contribution is 2.13. The van der Waals surface area contributed by atoms with Crippen molar-refractivity contribution in [1.82, 2.24) is 15.5 Å². The molecule has 1 aliphatic rings. The molecular formula is C21H33FN4O. The normalized spacial score (nSPS) is 15.9. The van der Waals surface area contributed by atoms with Crippen LogP contribution in [0.1, 0.15) is 45.6 Å². The number of aryl methyl sites for hydroxylation is 1. The number of aliphatic imine (C=N–C) groups is 1. The average molecular weight is 377 g/mol. The van der Waals surface area contributed by atoms with E-state index < -0.39 is 0 Å². The third-order valence-electron chi connectivity index (χ3n) is 4.77. The highest BCUT2D eigenvalue weighted by Gasteiger charge is 2.24. The summed E-state index contributed by atoms with van der Waals surface area (Å²) in [7, 11) is 0. The SMILES string of the molecule is CCNC(=NCCCc1cccc(F)c1)NC1CCN(C(=O)C(C)C)CC1. The van der Waals surface area contributed by atoms with Crippen LogP contribution in [0.5, 0.6) is 0 Å². The summed E-state index contributed by atoms with van der Waals surface area (Å²) in [6, 6.07) is 7.08. The summed E-state index contributed by atoms with van der Waals surface area (Å²) in [5, 5.41) is 6.78. The Morgan fingerprint density at radius 1 is 1.33 bits per heavy atom. The molecule has 1 fully saturated rings. The van der Waals surface area contributed by atoms with Gasteiger partial charge in [0.15, 0.2) is 5.96 Å². The molecule has 2 N–H and O–H groups in total. The summed E-state index contributed by atoms with van der Waals surface area (Å²) in [6.07, 6.45) is 3.57. The number of hydrogen-bond acceptors (Lipinski definition) is 2. The lowest BCUT2D eigenvalue weighted by Crippen LogP contribution is -2.50. The molecule has 0 aliphatic carbocycles. The fraction of sp³-hybridized carbons (Fsp3) is 0.619. The number of nitrogens with one attached hydrogen (secondary N) is 2. The second kappa shape index (κ2) is 10.9. The monoisotopic (exact) mass is 376 g/mol. The molecule has 0 radical (unpaired) electrons. The molecule has 27 heavy (non-hydrogen) atoms. The second-order valence-corrected chi connectivity index (χ2v) is 7.39. The van der Waals surface area contributed by atoms with Gasteiger partial charge < -0.3 is 15.5 Å². The minimum atomic E-state index is -0.187. The highest BCUT2D eigenvalue weighted by atomic mass is 19.1.